The zero-order valence-corrected chi connectivity index (χ0v) is 11.9. The van der Waals surface area contributed by atoms with Crippen LogP contribution in [0.4, 0.5) is 13.2 Å². The summed E-state index contributed by atoms with van der Waals surface area (Å²) in [5, 5.41) is 3.34. The smallest absolute Gasteiger partial charge is 0.317 e. The van der Waals surface area contributed by atoms with Gasteiger partial charge in [-0.3, -0.25) is 0 Å². The van der Waals surface area contributed by atoms with Gasteiger partial charge in [-0.25, -0.2) is 0 Å². The number of nitrogens with one attached hydrogen (secondary N) is 1. The van der Waals surface area contributed by atoms with Crippen molar-refractivity contribution >= 4 is 0 Å². The SMILES string of the molecule is CCCNCCCCCN1CCCC(C(F)(F)F)C1. The van der Waals surface area contributed by atoms with Crippen LogP contribution in [-0.2, 0) is 0 Å². The Morgan fingerprint density at radius 2 is 1.95 bits per heavy atom. The third kappa shape index (κ3) is 7.16. The molecule has 0 aromatic carbocycles. The molecule has 5 heteroatoms. The summed E-state index contributed by atoms with van der Waals surface area (Å²) in [5.41, 5.74) is 0. The first-order valence-electron chi connectivity index (χ1n) is 7.54. The highest BCUT2D eigenvalue weighted by molar-refractivity contribution is 4.77. The minimum Gasteiger partial charge on any atom is -0.317 e. The van der Waals surface area contributed by atoms with Crippen LogP contribution in [0.25, 0.3) is 0 Å². The van der Waals surface area contributed by atoms with Crippen molar-refractivity contribution in [3.8, 4) is 0 Å². The summed E-state index contributed by atoms with van der Waals surface area (Å²) in [6, 6.07) is 0. The summed E-state index contributed by atoms with van der Waals surface area (Å²) in [7, 11) is 0. The van der Waals surface area contributed by atoms with E-state index >= 15 is 0 Å². The summed E-state index contributed by atoms with van der Waals surface area (Å²) < 4.78 is 37.9. The van der Waals surface area contributed by atoms with Gasteiger partial charge >= 0.3 is 6.18 Å². The second-order valence-corrected chi connectivity index (χ2v) is 5.49. The average Bonchev–Trinajstić information content (AvgIpc) is 2.37. The molecule has 1 unspecified atom stereocenters. The van der Waals surface area contributed by atoms with Crippen LogP contribution < -0.4 is 5.32 Å². The van der Waals surface area contributed by atoms with Gasteiger partial charge in [-0.2, -0.15) is 13.2 Å². The molecule has 0 aromatic heterocycles. The zero-order valence-electron chi connectivity index (χ0n) is 11.9. The van der Waals surface area contributed by atoms with Crippen molar-refractivity contribution in [1.29, 1.82) is 0 Å². The van der Waals surface area contributed by atoms with Crippen molar-refractivity contribution in [3.63, 3.8) is 0 Å². The normalized spacial score (nSPS) is 21.8. The molecular formula is C14H27F3N2. The summed E-state index contributed by atoms with van der Waals surface area (Å²) in [5.74, 6) is -1.10. The minimum atomic E-state index is -4.01. The molecule has 1 aliphatic heterocycles. The van der Waals surface area contributed by atoms with E-state index in [1.807, 2.05) is 4.90 Å². The summed E-state index contributed by atoms with van der Waals surface area (Å²) in [6.07, 6.45) is 1.36. The number of rotatable bonds is 8. The number of halogens is 3. The summed E-state index contributed by atoms with van der Waals surface area (Å²) in [4.78, 5) is 1.99. The summed E-state index contributed by atoms with van der Waals surface area (Å²) in [6.45, 7) is 6.08. The Kier molecular flexibility index (Phi) is 7.76. The van der Waals surface area contributed by atoms with Gasteiger partial charge in [0.05, 0.1) is 5.92 Å². The molecule has 1 saturated heterocycles. The van der Waals surface area contributed by atoms with E-state index in [0.717, 1.165) is 51.9 Å². The van der Waals surface area contributed by atoms with Crippen LogP contribution in [0.2, 0.25) is 0 Å². The molecule has 1 rings (SSSR count). The van der Waals surface area contributed by atoms with E-state index in [-0.39, 0.29) is 6.54 Å². The molecular weight excluding hydrogens is 253 g/mol. The van der Waals surface area contributed by atoms with E-state index in [9.17, 15) is 13.2 Å². The van der Waals surface area contributed by atoms with Crippen LogP contribution in [0.3, 0.4) is 0 Å². The average molecular weight is 280 g/mol. The van der Waals surface area contributed by atoms with Crippen molar-refractivity contribution in [2.75, 3.05) is 32.7 Å². The van der Waals surface area contributed by atoms with Gasteiger partial charge in [0.2, 0.25) is 0 Å². The fourth-order valence-electron chi connectivity index (χ4n) is 2.59. The fourth-order valence-corrected chi connectivity index (χ4v) is 2.59. The third-order valence-electron chi connectivity index (χ3n) is 3.72. The van der Waals surface area contributed by atoms with E-state index in [1.54, 1.807) is 0 Å². The van der Waals surface area contributed by atoms with Crippen molar-refractivity contribution in [2.24, 2.45) is 5.92 Å². The minimum absolute atomic E-state index is 0.206. The number of piperidine rings is 1. The summed E-state index contributed by atoms with van der Waals surface area (Å²) >= 11 is 0. The monoisotopic (exact) mass is 280 g/mol. The Labute approximate surface area is 114 Å². The molecule has 1 aliphatic rings. The number of unbranched alkanes of at least 4 members (excludes halogenated alkanes) is 2. The Balaban J connectivity index is 2.06. The lowest BCUT2D eigenvalue weighted by Gasteiger charge is -2.33. The standard InChI is InChI=1S/C14H27F3N2/c1-2-8-18-9-4-3-5-10-19-11-6-7-13(12-19)14(15,16)17/h13,18H,2-12H2,1H3. The van der Waals surface area contributed by atoms with Crippen LogP contribution in [0.5, 0.6) is 0 Å². The maximum Gasteiger partial charge on any atom is 0.393 e. The first kappa shape index (κ1) is 16.8. The van der Waals surface area contributed by atoms with Gasteiger partial charge in [-0.15, -0.1) is 0 Å². The Bertz CT molecular complexity index is 231. The lowest BCUT2D eigenvalue weighted by molar-refractivity contribution is -0.186. The van der Waals surface area contributed by atoms with Crippen LogP contribution in [0, 0.1) is 5.92 Å². The molecule has 0 radical (unpaired) electrons. The molecule has 1 atom stereocenters. The fraction of sp³-hybridized carbons (Fsp3) is 1.00. The van der Waals surface area contributed by atoms with Crippen LogP contribution >= 0.6 is 0 Å². The molecule has 0 aromatic rings. The van der Waals surface area contributed by atoms with Crippen molar-refractivity contribution in [3.05, 3.63) is 0 Å². The largest absolute Gasteiger partial charge is 0.393 e. The van der Waals surface area contributed by atoms with Crippen molar-refractivity contribution < 1.29 is 13.2 Å². The second-order valence-electron chi connectivity index (χ2n) is 5.49. The molecule has 1 N–H and O–H groups in total. The van der Waals surface area contributed by atoms with Gasteiger partial charge in [0, 0.05) is 6.54 Å². The molecule has 0 bridgehead atoms. The van der Waals surface area contributed by atoms with E-state index in [0.29, 0.717) is 12.8 Å². The molecule has 1 heterocycles. The highest BCUT2D eigenvalue weighted by atomic mass is 19.4. The molecule has 1 fully saturated rings. The molecule has 2 nitrogen and oxygen atoms in total. The molecule has 0 amide bonds. The molecule has 0 spiro atoms. The Morgan fingerprint density at radius 3 is 2.63 bits per heavy atom. The van der Waals surface area contributed by atoms with E-state index < -0.39 is 12.1 Å². The van der Waals surface area contributed by atoms with E-state index in [2.05, 4.69) is 12.2 Å². The van der Waals surface area contributed by atoms with Crippen molar-refractivity contribution in [2.45, 2.75) is 51.6 Å². The number of nitrogens with zero attached hydrogens (tertiary/aromatic N) is 1. The predicted molar refractivity (Wildman–Crippen MR) is 72.2 cm³/mol. The topological polar surface area (TPSA) is 15.3 Å². The van der Waals surface area contributed by atoms with E-state index in [1.165, 1.54) is 0 Å². The van der Waals surface area contributed by atoms with Crippen molar-refractivity contribution in [1.82, 2.24) is 10.2 Å². The molecule has 0 saturated carbocycles. The Hall–Kier alpha value is -0.290. The lowest BCUT2D eigenvalue weighted by Crippen LogP contribution is -2.42. The number of alkyl halides is 3. The first-order chi connectivity index (χ1) is 9.04. The van der Waals surface area contributed by atoms with Gasteiger partial charge in [0.25, 0.3) is 0 Å². The number of hydrogen-bond donors (Lipinski definition) is 1. The second kappa shape index (κ2) is 8.80. The number of hydrogen-bond acceptors (Lipinski definition) is 2. The Morgan fingerprint density at radius 1 is 1.16 bits per heavy atom. The quantitative estimate of drug-likeness (QED) is 0.685. The maximum absolute atomic E-state index is 12.6. The van der Waals surface area contributed by atoms with Gasteiger partial charge in [0.15, 0.2) is 0 Å². The van der Waals surface area contributed by atoms with Gasteiger partial charge < -0.3 is 10.2 Å². The van der Waals surface area contributed by atoms with Crippen LogP contribution in [0.1, 0.15) is 45.4 Å². The molecule has 0 aliphatic carbocycles. The molecule has 19 heavy (non-hydrogen) atoms. The highest BCUT2D eigenvalue weighted by Crippen LogP contribution is 2.33. The highest BCUT2D eigenvalue weighted by Gasteiger charge is 2.41. The molecule has 114 valence electrons. The van der Waals surface area contributed by atoms with Gasteiger partial charge in [-0.1, -0.05) is 13.3 Å². The maximum atomic E-state index is 12.6. The van der Waals surface area contributed by atoms with Crippen LogP contribution in [-0.4, -0.2) is 43.8 Å². The first-order valence-corrected chi connectivity index (χ1v) is 7.54. The third-order valence-corrected chi connectivity index (χ3v) is 3.72. The van der Waals surface area contributed by atoms with Crippen LogP contribution in [0.15, 0.2) is 0 Å². The van der Waals surface area contributed by atoms with Gasteiger partial charge in [0.1, 0.15) is 0 Å². The zero-order chi connectivity index (χ0) is 14.1. The van der Waals surface area contributed by atoms with E-state index in [4.69, 9.17) is 0 Å². The predicted octanol–water partition coefficient (Wildman–Crippen LogP) is 3.43. The number of likely N-dealkylation sites (tertiary alicyclic amines) is 1. The lowest BCUT2D eigenvalue weighted by atomic mass is 9.97. The van der Waals surface area contributed by atoms with Gasteiger partial charge in [-0.05, 0) is 58.3 Å².